The predicted molar refractivity (Wildman–Crippen MR) is 98.5 cm³/mol. The lowest BCUT2D eigenvalue weighted by atomic mass is 10.0. The highest BCUT2D eigenvalue weighted by molar-refractivity contribution is 5.73. The Morgan fingerprint density at radius 1 is 1.04 bits per heavy atom. The van der Waals surface area contributed by atoms with Crippen LogP contribution in [0.15, 0.2) is 6.20 Å². The molecule has 0 N–H and O–H groups in total. The lowest BCUT2D eigenvalue weighted by Crippen LogP contribution is -2.17. The molecule has 0 saturated heterocycles. The molecule has 138 valence electrons. The zero-order chi connectivity index (χ0) is 19.7. The summed E-state index contributed by atoms with van der Waals surface area (Å²) in [6.45, 7) is 7.33. The predicted octanol–water partition coefficient (Wildman–Crippen LogP) is 3.10. The Labute approximate surface area is 155 Å². The van der Waals surface area contributed by atoms with E-state index in [9.17, 15) is 9.59 Å². The maximum absolute atomic E-state index is 12.0. The van der Waals surface area contributed by atoms with Gasteiger partial charge in [-0.25, -0.2) is 0 Å². The van der Waals surface area contributed by atoms with Crippen molar-refractivity contribution < 1.29 is 19.1 Å². The van der Waals surface area contributed by atoms with Gasteiger partial charge >= 0.3 is 11.9 Å². The number of aryl methyl sites for hydroxylation is 1. The molecule has 0 bridgehead atoms. The van der Waals surface area contributed by atoms with Crippen molar-refractivity contribution in [2.24, 2.45) is 11.8 Å². The number of pyridine rings is 1. The van der Waals surface area contributed by atoms with Gasteiger partial charge in [-0.05, 0) is 19.4 Å². The number of carbonyl (C=O) groups excluding carboxylic acids is 2. The van der Waals surface area contributed by atoms with Crippen LogP contribution in [-0.4, -0.2) is 16.9 Å². The van der Waals surface area contributed by atoms with Crippen LogP contribution in [0.25, 0.3) is 0 Å². The van der Waals surface area contributed by atoms with Crippen LogP contribution >= 0.6 is 0 Å². The molecule has 5 nitrogen and oxygen atoms in total. The fourth-order valence-electron chi connectivity index (χ4n) is 2.23. The second-order valence-electron chi connectivity index (χ2n) is 6.31. The van der Waals surface area contributed by atoms with E-state index in [2.05, 4.69) is 16.8 Å². The molecule has 0 fully saturated rings. The van der Waals surface area contributed by atoms with E-state index in [1.165, 1.54) is 0 Å². The fourth-order valence-corrected chi connectivity index (χ4v) is 2.23. The first-order chi connectivity index (χ1) is 12.3. The van der Waals surface area contributed by atoms with Crippen LogP contribution in [0, 0.1) is 50.4 Å². The van der Waals surface area contributed by atoms with Crippen LogP contribution in [0.4, 0.5) is 0 Å². The van der Waals surface area contributed by atoms with Gasteiger partial charge in [0.25, 0.3) is 0 Å². The van der Waals surface area contributed by atoms with E-state index in [1.807, 2.05) is 13.8 Å². The van der Waals surface area contributed by atoms with E-state index in [4.69, 9.17) is 22.3 Å². The zero-order valence-corrected chi connectivity index (χ0v) is 15.8. The van der Waals surface area contributed by atoms with Gasteiger partial charge in [0.05, 0.1) is 11.8 Å². The van der Waals surface area contributed by atoms with E-state index < -0.39 is 0 Å². The first-order valence-electron chi connectivity index (χ1n) is 8.45. The van der Waals surface area contributed by atoms with Crippen LogP contribution in [-0.2, 0) is 32.3 Å². The van der Waals surface area contributed by atoms with Crippen molar-refractivity contribution in [3.8, 4) is 24.7 Å². The van der Waals surface area contributed by atoms with Crippen molar-refractivity contribution in [3.05, 3.63) is 28.6 Å². The number of rotatable bonds is 8. The summed E-state index contributed by atoms with van der Waals surface area (Å²) in [4.78, 5) is 28.3. The van der Waals surface area contributed by atoms with Crippen molar-refractivity contribution in [3.63, 3.8) is 0 Å². The summed E-state index contributed by atoms with van der Waals surface area (Å²) in [5.74, 6) is 3.43. The van der Waals surface area contributed by atoms with Crippen molar-refractivity contribution >= 4 is 11.9 Å². The number of terminal acetylenes is 2. The first-order valence-corrected chi connectivity index (χ1v) is 8.45. The van der Waals surface area contributed by atoms with Crippen LogP contribution in [0.1, 0.15) is 49.1 Å². The van der Waals surface area contributed by atoms with Crippen molar-refractivity contribution in [1.29, 1.82) is 0 Å². The molecule has 1 aromatic heterocycles. The molecule has 0 aromatic carbocycles. The summed E-state index contributed by atoms with van der Waals surface area (Å²) in [7, 11) is 0. The van der Waals surface area contributed by atoms with E-state index in [0.29, 0.717) is 18.4 Å². The average Bonchev–Trinajstić information content (AvgIpc) is 2.61. The number of hydrogen-bond acceptors (Lipinski definition) is 5. The Balaban J connectivity index is 2.86. The number of aromatic nitrogens is 1. The Kier molecular flexibility index (Phi) is 8.38. The number of carbonyl (C=O) groups is 2. The molecule has 0 saturated carbocycles. The fraction of sp³-hybridized carbons (Fsp3) is 0.476. The topological polar surface area (TPSA) is 65.5 Å². The molecule has 2 atom stereocenters. The van der Waals surface area contributed by atoms with E-state index in [-0.39, 0.29) is 37.0 Å². The number of nitrogens with zero attached hydrogens (tertiary/aromatic N) is 1. The average molecular weight is 355 g/mol. The highest BCUT2D eigenvalue weighted by Crippen LogP contribution is 2.20. The molecule has 0 aliphatic rings. The van der Waals surface area contributed by atoms with Crippen LogP contribution in [0.5, 0.6) is 0 Å². The van der Waals surface area contributed by atoms with Gasteiger partial charge in [-0.1, -0.05) is 13.8 Å². The highest BCUT2D eigenvalue weighted by atomic mass is 16.5. The molecular weight excluding hydrogens is 330 g/mol. The van der Waals surface area contributed by atoms with Gasteiger partial charge in [-0.15, -0.1) is 24.7 Å². The first kappa shape index (κ1) is 21.3. The van der Waals surface area contributed by atoms with Crippen molar-refractivity contribution in [1.82, 2.24) is 4.98 Å². The van der Waals surface area contributed by atoms with Gasteiger partial charge in [0.1, 0.15) is 13.2 Å². The molecule has 0 aliphatic carbocycles. The van der Waals surface area contributed by atoms with Crippen molar-refractivity contribution in [2.45, 2.75) is 53.8 Å². The molecule has 0 radical (unpaired) electrons. The Morgan fingerprint density at radius 2 is 1.54 bits per heavy atom. The minimum atomic E-state index is -0.370. The molecule has 1 heterocycles. The molecule has 0 amide bonds. The third-order valence-electron chi connectivity index (χ3n) is 4.18. The molecule has 0 spiro atoms. The maximum atomic E-state index is 12.0. The summed E-state index contributed by atoms with van der Waals surface area (Å²) >= 11 is 0. The van der Waals surface area contributed by atoms with Crippen LogP contribution < -0.4 is 0 Å². The monoisotopic (exact) mass is 355 g/mol. The Morgan fingerprint density at radius 3 is 2.04 bits per heavy atom. The quantitative estimate of drug-likeness (QED) is 0.529. The second-order valence-corrected chi connectivity index (χ2v) is 6.31. The third-order valence-corrected chi connectivity index (χ3v) is 4.18. The third kappa shape index (κ3) is 5.93. The van der Waals surface area contributed by atoms with Crippen molar-refractivity contribution in [2.75, 3.05) is 0 Å². The Bertz CT molecular complexity index is 740. The smallest absolute Gasteiger partial charge is 0.309 e. The van der Waals surface area contributed by atoms with Gasteiger partial charge in [0.15, 0.2) is 0 Å². The van der Waals surface area contributed by atoms with Crippen LogP contribution in [0.3, 0.4) is 0 Å². The van der Waals surface area contributed by atoms with Gasteiger partial charge in [-0.2, -0.15) is 0 Å². The number of hydrogen-bond donors (Lipinski definition) is 0. The molecular formula is C21H25NO4. The SMILES string of the molecule is C#CCC(C)C(=O)OCc1cnc(C)c(C)c1COC(=O)C(C)CC#C. The largest absolute Gasteiger partial charge is 0.461 e. The summed E-state index contributed by atoms with van der Waals surface area (Å²) < 4.78 is 10.7. The molecule has 1 rings (SSSR count). The number of ether oxygens (including phenoxy) is 2. The normalized spacial score (nSPS) is 12.4. The number of esters is 2. The standard InChI is InChI=1S/C21H25NO4/c1-7-9-14(3)20(23)25-12-18-11-22-17(6)16(5)19(18)13-26-21(24)15(4)10-8-2/h1-2,11,14-15H,9-10,12-13H2,3-6H3. The minimum absolute atomic E-state index is 0.0503. The van der Waals surface area contributed by atoms with E-state index >= 15 is 0 Å². The Hall–Kier alpha value is -2.79. The molecule has 1 aromatic rings. The molecule has 0 aliphatic heterocycles. The van der Waals surface area contributed by atoms with E-state index in [0.717, 1.165) is 16.8 Å². The zero-order valence-electron chi connectivity index (χ0n) is 15.8. The second kappa shape index (κ2) is 10.3. The lowest BCUT2D eigenvalue weighted by molar-refractivity contribution is -0.150. The van der Waals surface area contributed by atoms with Gasteiger partial charge in [0, 0.05) is 35.9 Å². The van der Waals surface area contributed by atoms with Gasteiger partial charge < -0.3 is 9.47 Å². The maximum Gasteiger partial charge on any atom is 0.309 e. The summed E-state index contributed by atoms with van der Waals surface area (Å²) in [6, 6.07) is 0. The van der Waals surface area contributed by atoms with Gasteiger partial charge in [-0.3, -0.25) is 14.6 Å². The molecule has 2 unspecified atom stereocenters. The summed E-state index contributed by atoms with van der Waals surface area (Å²) in [5, 5.41) is 0. The molecule has 26 heavy (non-hydrogen) atoms. The highest BCUT2D eigenvalue weighted by Gasteiger charge is 2.18. The van der Waals surface area contributed by atoms with Crippen LogP contribution in [0.2, 0.25) is 0 Å². The minimum Gasteiger partial charge on any atom is -0.461 e. The molecule has 5 heteroatoms. The van der Waals surface area contributed by atoms with E-state index in [1.54, 1.807) is 20.0 Å². The summed E-state index contributed by atoms with van der Waals surface area (Å²) in [6.07, 6.45) is 12.7. The lowest BCUT2D eigenvalue weighted by Gasteiger charge is -2.16. The van der Waals surface area contributed by atoms with Gasteiger partial charge in [0.2, 0.25) is 0 Å². The summed E-state index contributed by atoms with van der Waals surface area (Å²) in [5.41, 5.74) is 3.21.